The molecule has 0 heterocycles. The number of carbonyl (C=O) groups excluding carboxylic acids is 2. The second kappa shape index (κ2) is 8.08. The van der Waals surface area contributed by atoms with Crippen molar-refractivity contribution in [1.29, 1.82) is 0 Å². The molecule has 5 nitrogen and oxygen atoms in total. The zero-order valence-corrected chi connectivity index (χ0v) is 12.6. The largest absolute Gasteiger partial charge is 0.395 e. The van der Waals surface area contributed by atoms with Crippen LogP contribution >= 0.6 is 0 Å². The molecule has 0 aliphatic rings. The Morgan fingerprint density at radius 3 is 2.57 bits per heavy atom. The summed E-state index contributed by atoms with van der Waals surface area (Å²) >= 11 is 0. The second-order valence-electron chi connectivity index (χ2n) is 4.81. The van der Waals surface area contributed by atoms with E-state index < -0.39 is 0 Å². The average Bonchev–Trinajstić information content (AvgIpc) is 2.46. The lowest BCUT2D eigenvalue weighted by molar-refractivity contribution is -0.129. The van der Waals surface area contributed by atoms with Crippen LogP contribution in [0.15, 0.2) is 24.3 Å². The smallest absolute Gasteiger partial charge is 0.254 e. The highest BCUT2D eigenvalue weighted by Crippen LogP contribution is 2.07. The van der Waals surface area contributed by atoms with E-state index in [1.807, 2.05) is 0 Å². The molecule has 0 spiro atoms. The average molecular weight is 288 g/mol. The number of likely N-dealkylation sites (N-methyl/N-ethyl adjacent to an activating group) is 2. The third kappa shape index (κ3) is 5.28. The lowest BCUT2D eigenvalue weighted by atomic mass is 10.1. The molecule has 1 aromatic rings. The number of rotatable bonds is 4. The molecule has 1 aromatic carbocycles. The molecule has 112 valence electrons. The molecule has 5 heteroatoms. The van der Waals surface area contributed by atoms with Crippen molar-refractivity contribution in [1.82, 2.24) is 9.80 Å². The normalized spacial score (nSPS) is 9.52. The molecule has 0 saturated carbocycles. The minimum atomic E-state index is -0.226. The first-order chi connectivity index (χ1) is 9.95. The summed E-state index contributed by atoms with van der Waals surface area (Å²) in [5.74, 6) is 5.33. The molecule has 0 aliphatic carbocycles. The third-order valence-corrected chi connectivity index (χ3v) is 2.80. The molecule has 1 N–H and O–H groups in total. The van der Waals surface area contributed by atoms with Crippen molar-refractivity contribution in [3.8, 4) is 11.8 Å². The predicted molar refractivity (Wildman–Crippen MR) is 80.7 cm³/mol. The minimum Gasteiger partial charge on any atom is -0.395 e. The molecule has 0 aromatic heterocycles. The lowest BCUT2D eigenvalue weighted by Gasteiger charge is -2.19. The van der Waals surface area contributed by atoms with Gasteiger partial charge in [0.2, 0.25) is 5.91 Å². The Hall–Kier alpha value is -2.32. The molecule has 0 aliphatic heterocycles. The second-order valence-corrected chi connectivity index (χ2v) is 4.81. The van der Waals surface area contributed by atoms with E-state index >= 15 is 0 Å². The summed E-state index contributed by atoms with van der Waals surface area (Å²) in [6.45, 7) is 0.0489. The number of nitrogens with zero attached hydrogens (tertiary/aromatic N) is 2. The van der Waals surface area contributed by atoms with E-state index in [-0.39, 0.29) is 25.0 Å². The maximum atomic E-state index is 12.3. The van der Waals surface area contributed by atoms with E-state index in [2.05, 4.69) is 11.8 Å². The van der Waals surface area contributed by atoms with Crippen LogP contribution in [0.5, 0.6) is 0 Å². The number of aliphatic hydroxyl groups excluding tert-OH is 1. The first kappa shape index (κ1) is 16.7. The van der Waals surface area contributed by atoms with Crippen LogP contribution in [0.2, 0.25) is 0 Å². The van der Waals surface area contributed by atoms with Crippen LogP contribution in [0, 0.1) is 11.8 Å². The fourth-order valence-corrected chi connectivity index (χ4v) is 1.59. The zero-order chi connectivity index (χ0) is 15.8. The Balaban J connectivity index is 2.81. The van der Waals surface area contributed by atoms with E-state index in [0.29, 0.717) is 17.5 Å². The molecular formula is C16H20N2O3. The highest BCUT2D eigenvalue weighted by Gasteiger charge is 2.15. The van der Waals surface area contributed by atoms with Crippen LogP contribution in [0.3, 0.4) is 0 Å². The summed E-state index contributed by atoms with van der Waals surface area (Å²) < 4.78 is 0. The van der Waals surface area contributed by atoms with Gasteiger partial charge in [-0.05, 0) is 18.2 Å². The Labute approximate surface area is 125 Å². The van der Waals surface area contributed by atoms with Crippen molar-refractivity contribution in [2.45, 2.75) is 6.42 Å². The Morgan fingerprint density at radius 1 is 1.24 bits per heavy atom. The van der Waals surface area contributed by atoms with Gasteiger partial charge in [-0.15, -0.1) is 0 Å². The van der Waals surface area contributed by atoms with Gasteiger partial charge in [0, 0.05) is 38.7 Å². The Kier molecular flexibility index (Phi) is 6.44. The van der Waals surface area contributed by atoms with Crippen molar-refractivity contribution in [2.75, 3.05) is 34.3 Å². The minimum absolute atomic E-state index is 0.0149. The zero-order valence-electron chi connectivity index (χ0n) is 12.6. The molecule has 0 fully saturated rings. The first-order valence-electron chi connectivity index (χ1n) is 6.61. The van der Waals surface area contributed by atoms with Gasteiger partial charge >= 0.3 is 0 Å². The van der Waals surface area contributed by atoms with Crippen LogP contribution in [0.4, 0.5) is 0 Å². The molecule has 0 atom stereocenters. The third-order valence-electron chi connectivity index (χ3n) is 2.80. The fourth-order valence-electron chi connectivity index (χ4n) is 1.59. The van der Waals surface area contributed by atoms with Gasteiger partial charge in [-0.2, -0.15) is 0 Å². The van der Waals surface area contributed by atoms with E-state index in [9.17, 15) is 9.59 Å². The van der Waals surface area contributed by atoms with Crippen molar-refractivity contribution in [3.05, 3.63) is 35.4 Å². The number of carbonyl (C=O) groups is 2. The first-order valence-corrected chi connectivity index (χ1v) is 6.61. The Morgan fingerprint density at radius 2 is 1.95 bits per heavy atom. The predicted octanol–water partition coefficient (Wildman–Crippen LogP) is 0.581. The molecule has 0 unspecified atom stereocenters. The van der Waals surface area contributed by atoms with Gasteiger partial charge in [0.25, 0.3) is 5.91 Å². The van der Waals surface area contributed by atoms with Crippen molar-refractivity contribution >= 4 is 11.8 Å². The van der Waals surface area contributed by atoms with Gasteiger partial charge in [0.05, 0.1) is 13.2 Å². The van der Waals surface area contributed by atoms with E-state index in [1.165, 1.54) is 9.80 Å². The van der Waals surface area contributed by atoms with E-state index in [1.54, 1.807) is 45.4 Å². The molecule has 0 saturated heterocycles. The van der Waals surface area contributed by atoms with Gasteiger partial charge < -0.3 is 14.9 Å². The van der Waals surface area contributed by atoms with Crippen LogP contribution < -0.4 is 0 Å². The molecule has 1 rings (SSSR count). The molecule has 2 amide bonds. The number of benzene rings is 1. The summed E-state index contributed by atoms with van der Waals surface area (Å²) in [4.78, 5) is 26.7. The van der Waals surface area contributed by atoms with Crippen LogP contribution in [0.1, 0.15) is 22.3 Å². The van der Waals surface area contributed by atoms with Crippen LogP contribution in [-0.4, -0.2) is 61.0 Å². The lowest BCUT2D eigenvalue weighted by Crippen LogP contribution is -2.37. The van der Waals surface area contributed by atoms with Crippen molar-refractivity contribution in [3.63, 3.8) is 0 Å². The monoisotopic (exact) mass is 288 g/mol. The summed E-state index contributed by atoms with van der Waals surface area (Å²) in [6, 6.07) is 6.92. The van der Waals surface area contributed by atoms with Crippen molar-refractivity contribution in [2.24, 2.45) is 0 Å². The van der Waals surface area contributed by atoms with Crippen LogP contribution in [-0.2, 0) is 4.79 Å². The topological polar surface area (TPSA) is 60.9 Å². The molecule has 21 heavy (non-hydrogen) atoms. The standard InChI is InChI=1S/C16H20N2O3/c1-17(2)15(20)12-18(3)16(21)14-9-6-8-13(11-14)7-4-5-10-19/h6,8-9,11,19H,5,10,12H2,1-3H3. The van der Waals surface area contributed by atoms with Gasteiger partial charge in [-0.3, -0.25) is 9.59 Å². The number of hydrogen-bond acceptors (Lipinski definition) is 3. The summed E-state index contributed by atoms with van der Waals surface area (Å²) in [6.07, 6.45) is 0.398. The number of amides is 2. The number of aliphatic hydroxyl groups is 1. The highest BCUT2D eigenvalue weighted by molar-refractivity contribution is 5.96. The maximum Gasteiger partial charge on any atom is 0.254 e. The van der Waals surface area contributed by atoms with E-state index in [0.717, 1.165) is 0 Å². The van der Waals surface area contributed by atoms with E-state index in [4.69, 9.17) is 5.11 Å². The van der Waals surface area contributed by atoms with Gasteiger partial charge in [0.15, 0.2) is 0 Å². The quantitative estimate of drug-likeness (QED) is 0.825. The SMILES string of the molecule is CN(C)C(=O)CN(C)C(=O)c1cccc(C#CCCO)c1. The summed E-state index contributed by atoms with van der Waals surface area (Å²) in [7, 11) is 4.89. The summed E-state index contributed by atoms with van der Waals surface area (Å²) in [5, 5.41) is 8.69. The van der Waals surface area contributed by atoms with Crippen molar-refractivity contribution < 1.29 is 14.7 Å². The fraction of sp³-hybridized carbons (Fsp3) is 0.375. The summed E-state index contributed by atoms with van der Waals surface area (Å²) in [5.41, 5.74) is 1.20. The van der Waals surface area contributed by atoms with Gasteiger partial charge in [-0.25, -0.2) is 0 Å². The highest BCUT2D eigenvalue weighted by atomic mass is 16.2. The molecule has 0 radical (unpaired) electrons. The van der Waals surface area contributed by atoms with Gasteiger partial charge in [-0.1, -0.05) is 17.9 Å². The van der Waals surface area contributed by atoms with Crippen LogP contribution in [0.25, 0.3) is 0 Å². The molecule has 0 bridgehead atoms. The molecular weight excluding hydrogens is 268 g/mol. The maximum absolute atomic E-state index is 12.3. The van der Waals surface area contributed by atoms with Gasteiger partial charge in [0.1, 0.15) is 0 Å². The Bertz CT molecular complexity index is 570. The number of hydrogen-bond donors (Lipinski definition) is 1.